The van der Waals surface area contributed by atoms with Crippen LogP contribution in [-0.4, -0.2) is 18.4 Å². The van der Waals surface area contributed by atoms with Crippen LogP contribution in [0.2, 0.25) is 5.28 Å². The molecule has 100 valence electrons. The number of nitrogens with two attached hydrogens (primary N) is 1. The molecule has 0 fully saturated rings. The highest BCUT2D eigenvalue weighted by Crippen LogP contribution is 2.20. The fraction of sp³-hybridized carbons (Fsp3) is 0.0909. The summed E-state index contributed by atoms with van der Waals surface area (Å²) in [7, 11) is -3.73. The molecule has 0 spiro atoms. The second-order valence-corrected chi connectivity index (χ2v) is 5.83. The number of aryl methyl sites for hydroxylation is 1. The number of sulfonamides is 1. The van der Waals surface area contributed by atoms with Crippen molar-refractivity contribution in [3.05, 3.63) is 41.3 Å². The number of hydrogen-bond acceptors (Lipinski definition) is 5. The SMILES string of the molecule is Cc1cc(N)ccc1S(=O)(=O)Nc1ccnc(Cl)n1. The molecule has 19 heavy (non-hydrogen) atoms. The Kier molecular flexibility index (Phi) is 3.59. The third-order valence-electron chi connectivity index (χ3n) is 2.35. The number of halogens is 1. The Morgan fingerprint density at radius 3 is 2.68 bits per heavy atom. The van der Waals surface area contributed by atoms with Gasteiger partial charge in [0.1, 0.15) is 5.82 Å². The predicted molar refractivity (Wildman–Crippen MR) is 73.4 cm³/mol. The van der Waals surface area contributed by atoms with Gasteiger partial charge in [0.15, 0.2) is 0 Å². The summed E-state index contributed by atoms with van der Waals surface area (Å²) in [5.74, 6) is 0.108. The van der Waals surface area contributed by atoms with Gasteiger partial charge in [0.05, 0.1) is 4.90 Å². The molecule has 0 atom stereocenters. The van der Waals surface area contributed by atoms with Crippen LogP contribution < -0.4 is 10.5 Å². The molecule has 2 rings (SSSR count). The molecule has 0 aliphatic rings. The summed E-state index contributed by atoms with van der Waals surface area (Å²) < 4.78 is 26.7. The standard InChI is InChI=1S/C11H11ClN4O2S/c1-7-6-8(13)2-3-9(7)19(17,18)16-10-4-5-14-11(12)15-10/h2-6H,13H2,1H3,(H,14,15,16). The van der Waals surface area contributed by atoms with Crippen LogP contribution in [-0.2, 0) is 10.0 Å². The molecule has 0 aliphatic heterocycles. The minimum absolute atomic E-state index is 0.0331. The van der Waals surface area contributed by atoms with Gasteiger partial charge in [0.2, 0.25) is 5.28 Å². The summed E-state index contributed by atoms with van der Waals surface area (Å²) in [6.07, 6.45) is 1.36. The van der Waals surface area contributed by atoms with Gasteiger partial charge in [-0.3, -0.25) is 4.72 Å². The molecule has 0 saturated carbocycles. The van der Waals surface area contributed by atoms with Crippen molar-refractivity contribution in [3.8, 4) is 0 Å². The average Bonchev–Trinajstić information content (AvgIpc) is 2.27. The van der Waals surface area contributed by atoms with Crippen LogP contribution in [0.15, 0.2) is 35.4 Å². The van der Waals surface area contributed by atoms with E-state index in [0.717, 1.165) is 0 Å². The maximum absolute atomic E-state index is 12.2. The molecule has 1 heterocycles. The number of nitrogens with one attached hydrogen (secondary N) is 1. The van der Waals surface area contributed by atoms with E-state index in [9.17, 15) is 8.42 Å². The number of nitrogen functional groups attached to an aromatic ring is 1. The van der Waals surface area contributed by atoms with Crippen LogP contribution in [0.5, 0.6) is 0 Å². The summed E-state index contributed by atoms with van der Waals surface area (Å²) in [5, 5.41) is -0.0331. The van der Waals surface area contributed by atoms with E-state index in [4.69, 9.17) is 17.3 Å². The maximum Gasteiger partial charge on any atom is 0.263 e. The van der Waals surface area contributed by atoms with Crippen molar-refractivity contribution in [1.29, 1.82) is 0 Å². The van der Waals surface area contributed by atoms with Crippen molar-refractivity contribution in [3.63, 3.8) is 0 Å². The molecule has 0 amide bonds. The van der Waals surface area contributed by atoms with Crippen LogP contribution in [0, 0.1) is 6.92 Å². The monoisotopic (exact) mass is 298 g/mol. The number of hydrogen-bond donors (Lipinski definition) is 2. The number of aromatic nitrogens is 2. The normalized spacial score (nSPS) is 11.3. The maximum atomic E-state index is 12.2. The zero-order valence-corrected chi connectivity index (χ0v) is 11.5. The van der Waals surface area contributed by atoms with E-state index in [-0.39, 0.29) is 16.0 Å². The summed E-state index contributed by atoms with van der Waals surface area (Å²) in [6, 6.07) is 5.96. The molecule has 2 aromatic rings. The van der Waals surface area contributed by atoms with Crippen molar-refractivity contribution >= 4 is 33.1 Å². The van der Waals surface area contributed by atoms with E-state index in [2.05, 4.69) is 14.7 Å². The fourth-order valence-electron chi connectivity index (χ4n) is 1.56. The first-order valence-corrected chi connectivity index (χ1v) is 7.12. The van der Waals surface area contributed by atoms with Crippen LogP contribution in [0.25, 0.3) is 0 Å². The van der Waals surface area contributed by atoms with E-state index >= 15 is 0 Å². The molecule has 0 bridgehead atoms. The van der Waals surface area contributed by atoms with Crippen LogP contribution in [0.4, 0.5) is 11.5 Å². The van der Waals surface area contributed by atoms with Crippen molar-refractivity contribution < 1.29 is 8.42 Å². The predicted octanol–water partition coefficient (Wildman–Crippen LogP) is 1.82. The first kappa shape index (κ1) is 13.6. The van der Waals surface area contributed by atoms with Gasteiger partial charge in [-0.2, -0.15) is 4.98 Å². The highest BCUT2D eigenvalue weighted by molar-refractivity contribution is 7.92. The number of rotatable bonds is 3. The van der Waals surface area contributed by atoms with Gasteiger partial charge >= 0.3 is 0 Å². The van der Waals surface area contributed by atoms with Gasteiger partial charge < -0.3 is 5.73 Å². The first-order valence-electron chi connectivity index (χ1n) is 5.26. The summed E-state index contributed by atoms with van der Waals surface area (Å²) in [5.41, 5.74) is 6.64. The Hall–Kier alpha value is -1.86. The Labute approximate surface area is 115 Å². The van der Waals surface area contributed by atoms with Crippen LogP contribution in [0.1, 0.15) is 5.56 Å². The van der Waals surface area contributed by atoms with Crippen LogP contribution in [0.3, 0.4) is 0 Å². The van der Waals surface area contributed by atoms with Crippen molar-refractivity contribution in [2.75, 3.05) is 10.5 Å². The molecule has 6 nitrogen and oxygen atoms in total. The lowest BCUT2D eigenvalue weighted by Crippen LogP contribution is -2.15. The molecule has 3 N–H and O–H groups in total. The molecule has 0 unspecified atom stereocenters. The van der Waals surface area contributed by atoms with E-state index in [0.29, 0.717) is 11.3 Å². The van der Waals surface area contributed by atoms with E-state index < -0.39 is 10.0 Å². The Morgan fingerprint density at radius 1 is 1.32 bits per heavy atom. The third-order valence-corrected chi connectivity index (χ3v) is 4.05. The molecule has 1 aromatic heterocycles. The molecule has 0 radical (unpaired) electrons. The first-order chi connectivity index (χ1) is 8.88. The lowest BCUT2D eigenvalue weighted by Gasteiger charge is -2.10. The van der Waals surface area contributed by atoms with Crippen molar-refractivity contribution in [2.45, 2.75) is 11.8 Å². The van der Waals surface area contributed by atoms with E-state index in [1.807, 2.05) is 0 Å². The molecular formula is C11H11ClN4O2S. The fourth-order valence-corrected chi connectivity index (χ4v) is 2.93. The minimum Gasteiger partial charge on any atom is -0.399 e. The summed E-state index contributed by atoms with van der Waals surface area (Å²) in [6.45, 7) is 1.66. The molecular weight excluding hydrogens is 288 g/mol. The minimum atomic E-state index is -3.73. The highest BCUT2D eigenvalue weighted by atomic mass is 35.5. The quantitative estimate of drug-likeness (QED) is 0.665. The van der Waals surface area contributed by atoms with Gasteiger partial charge in [0, 0.05) is 11.9 Å². The van der Waals surface area contributed by atoms with E-state index in [1.165, 1.54) is 24.4 Å². The second kappa shape index (κ2) is 5.02. The lowest BCUT2D eigenvalue weighted by atomic mass is 10.2. The highest BCUT2D eigenvalue weighted by Gasteiger charge is 2.17. The number of benzene rings is 1. The lowest BCUT2D eigenvalue weighted by molar-refractivity contribution is 0.600. The molecule has 0 aliphatic carbocycles. The largest absolute Gasteiger partial charge is 0.399 e. The summed E-state index contributed by atoms with van der Waals surface area (Å²) >= 11 is 5.60. The zero-order valence-electron chi connectivity index (χ0n) is 9.96. The molecule has 1 aromatic carbocycles. The molecule has 8 heteroatoms. The number of anilines is 2. The van der Waals surface area contributed by atoms with Gasteiger partial charge in [-0.1, -0.05) is 0 Å². The van der Waals surface area contributed by atoms with Crippen LogP contribution >= 0.6 is 11.6 Å². The second-order valence-electron chi connectivity index (χ2n) is 3.84. The Balaban J connectivity index is 2.38. The van der Waals surface area contributed by atoms with Gasteiger partial charge in [-0.05, 0) is 48.4 Å². The average molecular weight is 299 g/mol. The van der Waals surface area contributed by atoms with E-state index in [1.54, 1.807) is 13.0 Å². The smallest absolute Gasteiger partial charge is 0.263 e. The van der Waals surface area contributed by atoms with Gasteiger partial charge in [-0.25, -0.2) is 13.4 Å². The summed E-state index contributed by atoms with van der Waals surface area (Å²) in [4.78, 5) is 7.58. The number of nitrogens with zero attached hydrogens (tertiary/aromatic N) is 2. The van der Waals surface area contributed by atoms with Gasteiger partial charge in [0.25, 0.3) is 10.0 Å². The Morgan fingerprint density at radius 2 is 2.05 bits per heavy atom. The van der Waals surface area contributed by atoms with Gasteiger partial charge in [-0.15, -0.1) is 0 Å². The molecule has 0 saturated heterocycles. The topological polar surface area (TPSA) is 98.0 Å². The van der Waals surface area contributed by atoms with Crippen molar-refractivity contribution in [1.82, 2.24) is 9.97 Å². The zero-order chi connectivity index (χ0) is 14.0. The Bertz CT molecular complexity index is 718. The van der Waals surface area contributed by atoms with Crippen molar-refractivity contribution in [2.24, 2.45) is 0 Å². The third kappa shape index (κ3) is 3.12.